The fourth-order valence-corrected chi connectivity index (χ4v) is 2.80. The average Bonchev–Trinajstić information content (AvgIpc) is 2.62. The summed E-state index contributed by atoms with van der Waals surface area (Å²) in [6, 6.07) is 12.6. The molecule has 1 aliphatic rings. The normalized spacial score (nSPS) is 14.7. The summed E-state index contributed by atoms with van der Waals surface area (Å²) in [5.74, 6) is -0.0798. The van der Waals surface area contributed by atoms with Gasteiger partial charge in [0, 0.05) is 42.4 Å². The number of pyridine rings is 1. The van der Waals surface area contributed by atoms with Crippen LogP contribution in [0.15, 0.2) is 53.1 Å². The molecule has 1 aromatic heterocycles. The Morgan fingerprint density at radius 3 is 2.04 bits per heavy atom. The van der Waals surface area contributed by atoms with E-state index in [0.717, 1.165) is 4.47 Å². The van der Waals surface area contributed by atoms with Gasteiger partial charge < -0.3 is 9.80 Å². The molecule has 118 valence electrons. The summed E-state index contributed by atoms with van der Waals surface area (Å²) in [4.78, 5) is 32.4. The lowest BCUT2D eigenvalue weighted by Crippen LogP contribution is -2.50. The van der Waals surface area contributed by atoms with Crippen LogP contribution in [0.5, 0.6) is 0 Å². The summed E-state index contributed by atoms with van der Waals surface area (Å²) in [6.45, 7) is 2.12. The Labute approximate surface area is 143 Å². The largest absolute Gasteiger partial charge is 0.335 e. The first-order chi connectivity index (χ1) is 11.1. The van der Waals surface area contributed by atoms with Crippen LogP contribution in [0.3, 0.4) is 0 Å². The maximum Gasteiger partial charge on any atom is 0.272 e. The molecule has 0 spiro atoms. The summed E-state index contributed by atoms with van der Waals surface area (Å²) in [5, 5.41) is 0. The van der Waals surface area contributed by atoms with E-state index in [-0.39, 0.29) is 11.8 Å². The van der Waals surface area contributed by atoms with Crippen molar-refractivity contribution in [2.75, 3.05) is 26.2 Å². The topological polar surface area (TPSA) is 53.5 Å². The molecule has 5 nitrogen and oxygen atoms in total. The standard InChI is InChI=1S/C17H16BrN3O2/c18-14-6-4-13(5-7-14)16(22)20-9-11-21(12-10-20)17(23)15-3-1-2-8-19-15/h1-8H,9-12H2. The smallest absolute Gasteiger partial charge is 0.272 e. The fraction of sp³-hybridized carbons (Fsp3) is 0.235. The van der Waals surface area contributed by atoms with Crippen LogP contribution in [-0.2, 0) is 0 Å². The Hall–Kier alpha value is -2.21. The Morgan fingerprint density at radius 1 is 0.870 bits per heavy atom. The second kappa shape index (κ2) is 6.91. The number of amides is 2. The summed E-state index contributed by atoms with van der Waals surface area (Å²) in [6.07, 6.45) is 1.61. The van der Waals surface area contributed by atoms with Gasteiger partial charge in [0.25, 0.3) is 11.8 Å². The van der Waals surface area contributed by atoms with Crippen molar-refractivity contribution in [3.63, 3.8) is 0 Å². The monoisotopic (exact) mass is 373 g/mol. The van der Waals surface area contributed by atoms with E-state index < -0.39 is 0 Å². The number of carbonyl (C=O) groups excluding carboxylic acids is 2. The van der Waals surface area contributed by atoms with E-state index in [2.05, 4.69) is 20.9 Å². The van der Waals surface area contributed by atoms with Crippen molar-refractivity contribution in [1.29, 1.82) is 0 Å². The molecule has 1 aliphatic heterocycles. The minimum Gasteiger partial charge on any atom is -0.335 e. The van der Waals surface area contributed by atoms with Crippen molar-refractivity contribution in [2.24, 2.45) is 0 Å². The van der Waals surface area contributed by atoms with Gasteiger partial charge in [0.05, 0.1) is 0 Å². The number of halogens is 1. The zero-order valence-corrected chi connectivity index (χ0v) is 14.1. The third-order valence-corrected chi connectivity index (χ3v) is 4.36. The molecule has 0 saturated carbocycles. The summed E-state index contributed by atoms with van der Waals surface area (Å²) in [7, 11) is 0. The van der Waals surface area contributed by atoms with E-state index in [1.54, 1.807) is 46.3 Å². The molecule has 0 N–H and O–H groups in total. The van der Waals surface area contributed by atoms with Crippen molar-refractivity contribution in [2.45, 2.75) is 0 Å². The van der Waals surface area contributed by atoms with E-state index in [1.807, 2.05) is 12.1 Å². The summed E-state index contributed by atoms with van der Waals surface area (Å²) in [5.41, 5.74) is 1.11. The molecule has 3 rings (SSSR count). The van der Waals surface area contributed by atoms with Gasteiger partial charge in [-0.2, -0.15) is 0 Å². The van der Waals surface area contributed by atoms with Crippen LogP contribution in [0, 0.1) is 0 Å². The van der Waals surface area contributed by atoms with Crippen LogP contribution in [-0.4, -0.2) is 52.8 Å². The molecule has 23 heavy (non-hydrogen) atoms. The SMILES string of the molecule is O=C(c1ccc(Br)cc1)N1CCN(C(=O)c2ccccn2)CC1. The molecule has 0 atom stereocenters. The van der Waals surface area contributed by atoms with E-state index >= 15 is 0 Å². The highest BCUT2D eigenvalue weighted by Gasteiger charge is 2.25. The molecular formula is C17H16BrN3O2. The average molecular weight is 374 g/mol. The Morgan fingerprint density at radius 2 is 1.48 bits per heavy atom. The highest BCUT2D eigenvalue weighted by Crippen LogP contribution is 2.14. The Balaban J connectivity index is 1.61. The molecule has 1 fully saturated rings. The summed E-state index contributed by atoms with van der Waals surface area (Å²) >= 11 is 3.36. The van der Waals surface area contributed by atoms with Crippen molar-refractivity contribution in [3.05, 3.63) is 64.4 Å². The first kappa shape index (κ1) is 15.7. The lowest BCUT2D eigenvalue weighted by atomic mass is 10.2. The minimum atomic E-state index is -0.0821. The van der Waals surface area contributed by atoms with Gasteiger partial charge in [-0.05, 0) is 36.4 Å². The molecular weight excluding hydrogens is 358 g/mol. The number of hydrogen-bond acceptors (Lipinski definition) is 3. The second-order valence-electron chi connectivity index (χ2n) is 5.31. The third kappa shape index (κ3) is 3.59. The molecule has 0 radical (unpaired) electrons. The van der Waals surface area contributed by atoms with Crippen molar-refractivity contribution >= 4 is 27.7 Å². The maximum absolute atomic E-state index is 12.5. The number of benzene rings is 1. The zero-order chi connectivity index (χ0) is 16.2. The Kier molecular flexibility index (Phi) is 4.71. The van der Waals surface area contributed by atoms with Crippen molar-refractivity contribution in [3.8, 4) is 0 Å². The van der Waals surface area contributed by atoms with Crippen LogP contribution in [0.4, 0.5) is 0 Å². The first-order valence-corrected chi connectivity index (χ1v) is 8.19. The Bertz CT molecular complexity index is 696. The van der Waals surface area contributed by atoms with E-state index in [1.165, 1.54) is 0 Å². The van der Waals surface area contributed by atoms with Gasteiger partial charge in [-0.3, -0.25) is 14.6 Å². The highest BCUT2D eigenvalue weighted by molar-refractivity contribution is 9.10. The summed E-state index contributed by atoms with van der Waals surface area (Å²) < 4.78 is 0.944. The molecule has 2 amide bonds. The molecule has 0 aliphatic carbocycles. The van der Waals surface area contributed by atoms with E-state index in [4.69, 9.17) is 0 Å². The van der Waals surface area contributed by atoms with Crippen molar-refractivity contribution < 1.29 is 9.59 Å². The molecule has 2 aromatic rings. The lowest BCUT2D eigenvalue weighted by molar-refractivity contribution is 0.0532. The fourth-order valence-electron chi connectivity index (χ4n) is 2.54. The number of piperazine rings is 1. The highest BCUT2D eigenvalue weighted by atomic mass is 79.9. The minimum absolute atomic E-state index is 0.00225. The molecule has 0 bridgehead atoms. The zero-order valence-electron chi connectivity index (χ0n) is 12.5. The molecule has 6 heteroatoms. The van der Waals surface area contributed by atoms with E-state index in [9.17, 15) is 9.59 Å². The third-order valence-electron chi connectivity index (χ3n) is 3.83. The van der Waals surface area contributed by atoms with Crippen LogP contribution >= 0.6 is 15.9 Å². The van der Waals surface area contributed by atoms with Crippen LogP contribution in [0.1, 0.15) is 20.8 Å². The van der Waals surface area contributed by atoms with Crippen LogP contribution < -0.4 is 0 Å². The van der Waals surface area contributed by atoms with Gasteiger partial charge in [-0.1, -0.05) is 22.0 Å². The number of aromatic nitrogens is 1. The van der Waals surface area contributed by atoms with Crippen LogP contribution in [0.2, 0.25) is 0 Å². The number of rotatable bonds is 2. The molecule has 0 unspecified atom stereocenters. The van der Waals surface area contributed by atoms with E-state index in [0.29, 0.717) is 37.4 Å². The van der Waals surface area contributed by atoms with Gasteiger partial charge in [0.1, 0.15) is 5.69 Å². The maximum atomic E-state index is 12.5. The number of carbonyl (C=O) groups is 2. The first-order valence-electron chi connectivity index (χ1n) is 7.40. The number of hydrogen-bond donors (Lipinski definition) is 0. The van der Waals surface area contributed by atoms with Gasteiger partial charge in [0.15, 0.2) is 0 Å². The quantitative estimate of drug-likeness (QED) is 0.812. The molecule has 2 heterocycles. The van der Waals surface area contributed by atoms with Crippen molar-refractivity contribution in [1.82, 2.24) is 14.8 Å². The predicted molar refractivity (Wildman–Crippen MR) is 90.2 cm³/mol. The van der Waals surface area contributed by atoms with Gasteiger partial charge >= 0.3 is 0 Å². The van der Waals surface area contributed by atoms with Gasteiger partial charge in [-0.15, -0.1) is 0 Å². The number of nitrogens with zero attached hydrogens (tertiary/aromatic N) is 3. The van der Waals surface area contributed by atoms with Crippen LogP contribution in [0.25, 0.3) is 0 Å². The van der Waals surface area contributed by atoms with Gasteiger partial charge in [0.2, 0.25) is 0 Å². The van der Waals surface area contributed by atoms with Gasteiger partial charge in [-0.25, -0.2) is 0 Å². The second-order valence-corrected chi connectivity index (χ2v) is 6.22. The lowest BCUT2D eigenvalue weighted by Gasteiger charge is -2.34. The predicted octanol–water partition coefficient (Wildman–Crippen LogP) is 2.44. The molecule has 1 aromatic carbocycles. The molecule has 1 saturated heterocycles.